The van der Waals surface area contributed by atoms with Crippen LogP contribution in [0.1, 0.15) is 20.9 Å². The van der Waals surface area contributed by atoms with Gasteiger partial charge in [-0.2, -0.15) is 0 Å². The second-order valence-corrected chi connectivity index (χ2v) is 6.18. The quantitative estimate of drug-likeness (QED) is 0.739. The van der Waals surface area contributed by atoms with E-state index in [1.54, 1.807) is 31.2 Å². The summed E-state index contributed by atoms with van der Waals surface area (Å²) in [5.74, 6) is -0.562. The fourth-order valence-electron chi connectivity index (χ4n) is 2.16. The average molecular weight is 343 g/mol. The Kier molecular flexibility index (Phi) is 4.57. The Morgan fingerprint density at radius 2 is 1.83 bits per heavy atom. The highest BCUT2D eigenvalue weighted by atomic mass is 32.1. The van der Waals surface area contributed by atoms with E-state index in [4.69, 9.17) is 9.84 Å². The van der Waals surface area contributed by atoms with Crippen molar-refractivity contribution in [1.82, 2.24) is 4.98 Å². The van der Waals surface area contributed by atoms with Crippen molar-refractivity contribution in [2.24, 2.45) is 0 Å². The van der Waals surface area contributed by atoms with E-state index in [1.165, 1.54) is 12.1 Å². The zero-order valence-corrected chi connectivity index (χ0v) is 13.6. The van der Waals surface area contributed by atoms with Crippen LogP contribution in [0.5, 0.6) is 5.75 Å². The molecule has 1 aromatic heterocycles. The maximum absolute atomic E-state index is 12.9. The lowest BCUT2D eigenvalue weighted by molar-refractivity contribution is 0.0701. The van der Waals surface area contributed by atoms with Crippen molar-refractivity contribution in [3.63, 3.8) is 0 Å². The number of nitrogens with zero attached hydrogens (tertiary/aromatic N) is 1. The minimum atomic E-state index is -0.962. The minimum absolute atomic E-state index is 0.252. The smallest absolute Gasteiger partial charge is 0.347 e. The molecule has 4 nitrogen and oxygen atoms in total. The minimum Gasteiger partial charge on any atom is -0.489 e. The molecular weight excluding hydrogens is 329 g/mol. The number of aromatic nitrogens is 1. The summed E-state index contributed by atoms with van der Waals surface area (Å²) in [4.78, 5) is 15.6. The third-order valence-corrected chi connectivity index (χ3v) is 4.61. The van der Waals surface area contributed by atoms with E-state index < -0.39 is 5.97 Å². The van der Waals surface area contributed by atoms with Crippen molar-refractivity contribution in [3.8, 4) is 16.3 Å². The molecule has 0 aliphatic rings. The van der Waals surface area contributed by atoms with E-state index in [9.17, 15) is 9.18 Å². The van der Waals surface area contributed by atoms with Gasteiger partial charge in [0.2, 0.25) is 0 Å². The Bertz CT molecular complexity index is 857. The molecule has 0 unspecified atom stereocenters. The lowest BCUT2D eigenvalue weighted by Gasteiger charge is -2.06. The fraction of sp³-hybridized carbons (Fsp3) is 0.111. The van der Waals surface area contributed by atoms with Gasteiger partial charge in [-0.15, -0.1) is 11.3 Å². The van der Waals surface area contributed by atoms with Gasteiger partial charge >= 0.3 is 5.97 Å². The standard InChI is InChI=1S/C18H14FNO3S/c1-11-16(18(21)22)24-17(20-11)13-4-8-15(9-5-13)23-10-12-2-6-14(19)7-3-12/h2-9H,10H2,1H3,(H,21,22). The van der Waals surface area contributed by atoms with Crippen molar-refractivity contribution >= 4 is 17.3 Å². The van der Waals surface area contributed by atoms with Crippen LogP contribution >= 0.6 is 11.3 Å². The number of rotatable bonds is 5. The summed E-state index contributed by atoms with van der Waals surface area (Å²) >= 11 is 1.15. The van der Waals surface area contributed by atoms with Gasteiger partial charge in [0.15, 0.2) is 0 Å². The molecule has 0 aliphatic carbocycles. The van der Waals surface area contributed by atoms with Gasteiger partial charge < -0.3 is 9.84 Å². The molecular formula is C18H14FNO3S. The van der Waals surface area contributed by atoms with Gasteiger partial charge in [0, 0.05) is 5.56 Å². The number of aromatic carboxylic acids is 1. The summed E-state index contributed by atoms with van der Waals surface area (Å²) < 4.78 is 18.5. The van der Waals surface area contributed by atoms with Crippen LogP contribution in [0.4, 0.5) is 4.39 Å². The SMILES string of the molecule is Cc1nc(-c2ccc(OCc3ccc(F)cc3)cc2)sc1C(=O)O. The Hall–Kier alpha value is -2.73. The Labute approximate surface area is 142 Å². The maximum atomic E-state index is 12.9. The first-order chi connectivity index (χ1) is 11.5. The number of carboxylic acids is 1. The van der Waals surface area contributed by atoms with Crippen LogP contribution in [-0.4, -0.2) is 16.1 Å². The summed E-state index contributed by atoms with van der Waals surface area (Å²) in [6, 6.07) is 13.4. The average Bonchev–Trinajstić information content (AvgIpc) is 2.97. The topological polar surface area (TPSA) is 59.4 Å². The Balaban J connectivity index is 1.70. The van der Waals surface area contributed by atoms with E-state index in [0.717, 1.165) is 22.5 Å². The molecule has 0 amide bonds. The van der Waals surface area contributed by atoms with Crippen LogP contribution in [0.25, 0.3) is 10.6 Å². The molecule has 122 valence electrons. The van der Waals surface area contributed by atoms with Crippen molar-refractivity contribution < 1.29 is 19.0 Å². The van der Waals surface area contributed by atoms with Crippen LogP contribution in [0.2, 0.25) is 0 Å². The van der Waals surface area contributed by atoms with Gasteiger partial charge in [-0.3, -0.25) is 0 Å². The molecule has 0 saturated carbocycles. The highest BCUT2D eigenvalue weighted by Crippen LogP contribution is 2.29. The fourth-order valence-corrected chi connectivity index (χ4v) is 3.07. The molecule has 2 aromatic carbocycles. The number of halogens is 1. The molecule has 0 bridgehead atoms. The molecule has 1 heterocycles. The highest BCUT2D eigenvalue weighted by Gasteiger charge is 2.14. The molecule has 0 fully saturated rings. The van der Waals surface area contributed by atoms with Gasteiger partial charge in [-0.25, -0.2) is 14.2 Å². The summed E-state index contributed by atoms with van der Waals surface area (Å²) in [5.41, 5.74) is 2.23. The number of hydrogen-bond donors (Lipinski definition) is 1. The van der Waals surface area contributed by atoms with Gasteiger partial charge in [0.1, 0.15) is 28.1 Å². The van der Waals surface area contributed by atoms with Crippen LogP contribution in [-0.2, 0) is 6.61 Å². The van der Waals surface area contributed by atoms with Crippen LogP contribution in [0, 0.1) is 12.7 Å². The van der Waals surface area contributed by atoms with E-state index in [0.29, 0.717) is 23.1 Å². The van der Waals surface area contributed by atoms with E-state index in [2.05, 4.69) is 4.98 Å². The molecule has 1 N–H and O–H groups in total. The summed E-state index contributed by atoms with van der Waals surface area (Å²) in [6.45, 7) is 2.03. The number of thiazole rings is 1. The molecule has 0 radical (unpaired) electrons. The number of carbonyl (C=O) groups is 1. The predicted octanol–water partition coefficient (Wildman–Crippen LogP) is 4.53. The van der Waals surface area contributed by atoms with Gasteiger partial charge in [-0.05, 0) is 48.9 Å². The Morgan fingerprint density at radius 3 is 2.42 bits per heavy atom. The summed E-state index contributed by atoms with van der Waals surface area (Å²) in [7, 11) is 0. The molecule has 0 saturated heterocycles. The summed E-state index contributed by atoms with van der Waals surface area (Å²) in [5, 5.41) is 9.75. The normalized spacial score (nSPS) is 10.6. The maximum Gasteiger partial charge on any atom is 0.347 e. The molecule has 0 aliphatic heterocycles. The zero-order valence-electron chi connectivity index (χ0n) is 12.8. The third-order valence-electron chi connectivity index (χ3n) is 3.41. The van der Waals surface area contributed by atoms with Crippen molar-refractivity contribution in [1.29, 1.82) is 0 Å². The number of aryl methyl sites for hydroxylation is 1. The van der Waals surface area contributed by atoms with Crippen LogP contribution < -0.4 is 4.74 Å². The van der Waals surface area contributed by atoms with Crippen LogP contribution in [0.15, 0.2) is 48.5 Å². The van der Waals surface area contributed by atoms with E-state index >= 15 is 0 Å². The molecule has 0 spiro atoms. The zero-order chi connectivity index (χ0) is 17.1. The van der Waals surface area contributed by atoms with Crippen molar-refractivity contribution in [2.45, 2.75) is 13.5 Å². The molecule has 6 heteroatoms. The lowest BCUT2D eigenvalue weighted by Crippen LogP contribution is -1.95. The first-order valence-corrected chi connectivity index (χ1v) is 8.03. The van der Waals surface area contributed by atoms with Gasteiger partial charge in [-0.1, -0.05) is 12.1 Å². The molecule has 24 heavy (non-hydrogen) atoms. The number of carboxylic acid groups (broad SMARTS) is 1. The first-order valence-electron chi connectivity index (χ1n) is 7.21. The molecule has 3 rings (SSSR count). The van der Waals surface area contributed by atoms with Crippen molar-refractivity contribution in [3.05, 3.63) is 70.5 Å². The van der Waals surface area contributed by atoms with Gasteiger partial charge in [0.25, 0.3) is 0 Å². The second-order valence-electron chi connectivity index (χ2n) is 5.18. The highest BCUT2D eigenvalue weighted by molar-refractivity contribution is 7.17. The van der Waals surface area contributed by atoms with Crippen LogP contribution in [0.3, 0.4) is 0 Å². The first kappa shape index (κ1) is 16.1. The number of ether oxygens (including phenoxy) is 1. The lowest BCUT2D eigenvalue weighted by atomic mass is 10.2. The molecule has 3 aromatic rings. The monoisotopic (exact) mass is 343 g/mol. The number of benzene rings is 2. The summed E-state index contributed by atoms with van der Waals surface area (Å²) in [6.07, 6.45) is 0. The second kappa shape index (κ2) is 6.80. The largest absolute Gasteiger partial charge is 0.489 e. The predicted molar refractivity (Wildman–Crippen MR) is 90.0 cm³/mol. The van der Waals surface area contributed by atoms with E-state index in [-0.39, 0.29) is 10.7 Å². The number of hydrogen-bond acceptors (Lipinski definition) is 4. The third kappa shape index (κ3) is 3.60. The van der Waals surface area contributed by atoms with Gasteiger partial charge in [0.05, 0.1) is 5.69 Å². The van der Waals surface area contributed by atoms with E-state index in [1.807, 2.05) is 12.1 Å². The molecule has 0 atom stereocenters. The Morgan fingerprint density at radius 1 is 1.17 bits per heavy atom. The van der Waals surface area contributed by atoms with Crippen molar-refractivity contribution in [2.75, 3.05) is 0 Å².